The fraction of sp³-hybridized carbons (Fsp3) is 0.333. The number of halogens is 2. The average molecular weight is 411 g/mol. The summed E-state index contributed by atoms with van der Waals surface area (Å²) in [6.07, 6.45) is 1.96. The molecule has 1 fully saturated rings. The van der Waals surface area contributed by atoms with Crippen molar-refractivity contribution < 1.29 is 4.79 Å². The van der Waals surface area contributed by atoms with Gasteiger partial charge in [-0.3, -0.25) is 4.79 Å². The van der Waals surface area contributed by atoms with Crippen molar-refractivity contribution in [3.05, 3.63) is 45.9 Å². The van der Waals surface area contributed by atoms with Crippen LogP contribution >= 0.6 is 35.3 Å². The van der Waals surface area contributed by atoms with Crippen molar-refractivity contribution >= 4 is 51.5 Å². The van der Waals surface area contributed by atoms with E-state index in [9.17, 15) is 4.79 Å². The highest BCUT2D eigenvalue weighted by Crippen LogP contribution is 2.30. The summed E-state index contributed by atoms with van der Waals surface area (Å²) in [4.78, 5) is 14.3. The monoisotopic (exact) mass is 410 g/mol. The molecule has 1 amide bonds. The first-order valence-electron chi connectivity index (χ1n) is 8.38. The van der Waals surface area contributed by atoms with Crippen LogP contribution in [-0.4, -0.2) is 34.8 Å². The van der Waals surface area contributed by atoms with E-state index >= 15 is 0 Å². The molecule has 3 heterocycles. The zero-order valence-electron chi connectivity index (χ0n) is 14.3. The van der Waals surface area contributed by atoms with Gasteiger partial charge in [-0.15, -0.1) is 23.7 Å². The van der Waals surface area contributed by atoms with Gasteiger partial charge in [0.05, 0.1) is 16.3 Å². The maximum Gasteiger partial charge on any atom is 0.261 e. The number of amides is 1. The van der Waals surface area contributed by atoms with Crippen LogP contribution in [-0.2, 0) is 0 Å². The molecule has 0 unspecified atom stereocenters. The minimum atomic E-state index is 0. The molecule has 26 heavy (non-hydrogen) atoms. The number of aromatic nitrogens is 2. The number of aryl methyl sites for hydroxylation is 1. The topological polar surface area (TPSA) is 59.0 Å². The summed E-state index contributed by atoms with van der Waals surface area (Å²) in [5.41, 5.74) is 1.86. The maximum absolute atomic E-state index is 12.6. The summed E-state index contributed by atoms with van der Waals surface area (Å²) < 4.78 is 1.88. The van der Waals surface area contributed by atoms with E-state index in [2.05, 4.69) is 15.7 Å². The minimum absolute atomic E-state index is 0. The Morgan fingerprint density at radius 1 is 1.31 bits per heavy atom. The summed E-state index contributed by atoms with van der Waals surface area (Å²) in [7, 11) is 0. The minimum Gasteiger partial charge on any atom is -0.349 e. The van der Waals surface area contributed by atoms with Crippen molar-refractivity contribution in [2.24, 2.45) is 0 Å². The van der Waals surface area contributed by atoms with Crippen LogP contribution in [0.3, 0.4) is 0 Å². The first kappa shape index (κ1) is 19.2. The van der Waals surface area contributed by atoms with Gasteiger partial charge in [0.2, 0.25) is 0 Å². The van der Waals surface area contributed by atoms with Crippen molar-refractivity contribution in [1.29, 1.82) is 0 Å². The van der Waals surface area contributed by atoms with E-state index < -0.39 is 0 Å². The van der Waals surface area contributed by atoms with Crippen LogP contribution in [0.15, 0.2) is 30.3 Å². The molecule has 5 nitrogen and oxygen atoms in total. The number of benzene rings is 1. The summed E-state index contributed by atoms with van der Waals surface area (Å²) in [5, 5.41) is 12.8. The van der Waals surface area contributed by atoms with E-state index in [1.807, 2.05) is 41.9 Å². The number of fused-ring (bicyclic) bond motifs is 1. The van der Waals surface area contributed by atoms with E-state index in [1.54, 1.807) is 0 Å². The van der Waals surface area contributed by atoms with Gasteiger partial charge in [0, 0.05) is 16.5 Å². The molecule has 1 aliphatic heterocycles. The Bertz CT molecular complexity index is 913. The molecule has 1 aromatic carbocycles. The molecule has 0 bridgehead atoms. The van der Waals surface area contributed by atoms with E-state index in [-0.39, 0.29) is 24.4 Å². The molecule has 8 heteroatoms. The molecule has 138 valence electrons. The van der Waals surface area contributed by atoms with Gasteiger partial charge >= 0.3 is 0 Å². The Morgan fingerprint density at radius 3 is 2.69 bits per heavy atom. The van der Waals surface area contributed by atoms with E-state index in [4.69, 9.17) is 11.6 Å². The third-order valence-electron chi connectivity index (χ3n) is 4.51. The number of nitrogens with zero attached hydrogens (tertiary/aromatic N) is 2. The number of hydrogen-bond donors (Lipinski definition) is 2. The first-order chi connectivity index (χ1) is 12.1. The van der Waals surface area contributed by atoms with Gasteiger partial charge in [0.15, 0.2) is 0 Å². The SMILES string of the molecule is Cc1nn(-c2ccc(Cl)cc2)c2sc(C(=O)NC3CCNCC3)cc12.Cl. The highest BCUT2D eigenvalue weighted by Gasteiger charge is 2.20. The van der Waals surface area contributed by atoms with Crippen molar-refractivity contribution in [2.75, 3.05) is 13.1 Å². The number of nitrogens with one attached hydrogen (secondary N) is 2. The molecule has 0 atom stereocenters. The molecule has 1 aliphatic rings. The first-order valence-corrected chi connectivity index (χ1v) is 9.58. The third-order valence-corrected chi connectivity index (χ3v) is 5.88. The normalized spacial score (nSPS) is 15.0. The second-order valence-electron chi connectivity index (χ2n) is 6.30. The zero-order valence-corrected chi connectivity index (χ0v) is 16.7. The molecule has 3 aromatic rings. The van der Waals surface area contributed by atoms with Gasteiger partial charge in [-0.2, -0.15) is 5.10 Å². The summed E-state index contributed by atoms with van der Waals surface area (Å²) in [6, 6.07) is 9.76. The largest absolute Gasteiger partial charge is 0.349 e. The Balaban J connectivity index is 0.00000196. The standard InChI is InChI=1S/C18H19ClN4OS.ClH/c1-11-15-10-16(17(24)21-13-6-8-20-9-7-13)25-18(15)23(22-11)14-4-2-12(19)3-5-14;/h2-5,10,13,20H,6-9H2,1H3,(H,21,24);1H. The van der Waals surface area contributed by atoms with Gasteiger partial charge < -0.3 is 10.6 Å². The molecule has 1 saturated heterocycles. The summed E-state index contributed by atoms with van der Waals surface area (Å²) >= 11 is 7.46. The van der Waals surface area contributed by atoms with Gasteiger partial charge in [-0.25, -0.2) is 4.68 Å². The zero-order chi connectivity index (χ0) is 17.4. The Morgan fingerprint density at radius 2 is 2.00 bits per heavy atom. The lowest BCUT2D eigenvalue weighted by Gasteiger charge is -2.23. The van der Waals surface area contributed by atoms with Crippen LogP contribution in [0.5, 0.6) is 0 Å². The molecular weight excluding hydrogens is 391 g/mol. The molecule has 4 rings (SSSR count). The lowest BCUT2D eigenvalue weighted by Crippen LogP contribution is -2.42. The highest BCUT2D eigenvalue weighted by atomic mass is 35.5. The molecular formula is C18H20Cl2N4OS. The Labute approximate surface area is 167 Å². The summed E-state index contributed by atoms with van der Waals surface area (Å²) in [6.45, 7) is 3.89. The molecule has 2 N–H and O–H groups in total. The number of piperidine rings is 1. The van der Waals surface area contributed by atoms with Gasteiger partial charge in [0.25, 0.3) is 5.91 Å². The summed E-state index contributed by atoms with van der Waals surface area (Å²) in [5.74, 6) is 0.00940. The van der Waals surface area contributed by atoms with Crippen molar-refractivity contribution in [3.63, 3.8) is 0 Å². The van der Waals surface area contributed by atoms with Crippen LogP contribution in [0.25, 0.3) is 15.9 Å². The van der Waals surface area contributed by atoms with Crippen molar-refractivity contribution in [2.45, 2.75) is 25.8 Å². The number of carbonyl (C=O) groups excluding carboxylic acids is 1. The highest BCUT2D eigenvalue weighted by molar-refractivity contribution is 7.20. The quantitative estimate of drug-likeness (QED) is 0.686. The van der Waals surface area contributed by atoms with Crippen LogP contribution in [0.4, 0.5) is 0 Å². The second kappa shape index (κ2) is 7.96. The lowest BCUT2D eigenvalue weighted by molar-refractivity contribution is 0.0934. The van der Waals surface area contributed by atoms with Crippen molar-refractivity contribution in [1.82, 2.24) is 20.4 Å². The molecule has 0 saturated carbocycles. The van der Waals surface area contributed by atoms with Crippen LogP contribution in [0.1, 0.15) is 28.2 Å². The molecule has 0 aliphatic carbocycles. The van der Waals surface area contributed by atoms with Gasteiger partial charge in [-0.1, -0.05) is 11.6 Å². The molecule has 2 aromatic heterocycles. The number of thiophene rings is 1. The smallest absolute Gasteiger partial charge is 0.261 e. The number of carbonyl (C=O) groups is 1. The number of rotatable bonds is 3. The third kappa shape index (κ3) is 3.74. The molecule has 0 radical (unpaired) electrons. The van der Waals surface area contributed by atoms with E-state index in [1.165, 1.54) is 11.3 Å². The van der Waals surface area contributed by atoms with Crippen LogP contribution < -0.4 is 10.6 Å². The van der Waals surface area contributed by atoms with Gasteiger partial charge in [-0.05, 0) is 63.2 Å². The predicted molar refractivity (Wildman–Crippen MR) is 109 cm³/mol. The van der Waals surface area contributed by atoms with E-state index in [0.717, 1.165) is 52.4 Å². The van der Waals surface area contributed by atoms with Crippen LogP contribution in [0.2, 0.25) is 5.02 Å². The van der Waals surface area contributed by atoms with Gasteiger partial charge in [0.1, 0.15) is 4.83 Å². The molecule has 0 spiro atoms. The maximum atomic E-state index is 12.6. The Hall–Kier alpha value is -1.60. The van der Waals surface area contributed by atoms with E-state index in [0.29, 0.717) is 5.02 Å². The van der Waals surface area contributed by atoms with Crippen LogP contribution in [0, 0.1) is 6.92 Å². The second-order valence-corrected chi connectivity index (χ2v) is 7.77. The Kier molecular flexibility index (Phi) is 5.87. The number of hydrogen-bond acceptors (Lipinski definition) is 4. The lowest BCUT2D eigenvalue weighted by atomic mass is 10.1. The predicted octanol–water partition coefficient (Wildman–Crippen LogP) is 3.95. The van der Waals surface area contributed by atoms with Crippen molar-refractivity contribution in [3.8, 4) is 5.69 Å². The fourth-order valence-corrected chi connectivity index (χ4v) is 4.35. The fourth-order valence-electron chi connectivity index (χ4n) is 3.14. The average Bonchev–Trinajstić information content (AvgIpc) is 3.18.